The standard InChI is InChI=1S/C13H19F3N4/c1-2-8-4-3-5-9(6-8)18-11-7-10(13(14,15)16)19-12(17)20-11/h7-9H,2-6H2,1H3,(H3,17,18,19,20). The Hall–Kier alpha value is -1.53. The number of nitrogens with one attached hydrogen (secondary N) is 1. The van der Waals surface area contributed by atoms with Gasteiger partial charge in [-0.3, -0.25) is 0 Å². The van der Waals surface area contributed by atoms with Gasteiger partial charge in [-0.1, -0.05) is 26.2 Å². The van der Waals surface area contributed by atoms with E-state index in [4.69, 9.17) is 5.73 Å². The van der Waals surface area contributed by atoms with Gasteiger partial charge in [-0.25, -0.2) is 4.98 Å². The summed E-state index contributed by atoms with van der Waals surface area (Å²) in [4.78, 5) is 7.08. The molecule has 1 saturated carbocycles. The average Bonchev–Trinajstić information content (AvgIpc) is 2.37. The Balaban J connectivity index is 2.11. The lowest BCUT2D eigenvalue weighted by Crippen LogP contribution is -2.28. The van der Waals surface area contributed by atoms with E-state index in [-0.39, 0.29) is 17.8 Å². The molecule has 0 saturated heterocycles. The molecular formula is C13H19F3N4. The lowest BCUT2D eigenvalue weighted by atomic mass is 9.84. The van der Waals surface area contributed by atoms with Crippen molar-refractivity contribution in [1.82, 2.24) is 9.97 Å². The topological polar surface area (TPSA) is 63.8 Å². The summed E-state index contributed by atoms with van der Waals surface area (Å²) in [6.07, 6.45) is 0.769. The maximum absolute atomic E-state index is 12.7. The summed E-state index contributed by atoms with van der Waals surface area (Å²) in [5.74, 6) is 0.430. The molecule has 1 heterocycles. The molecule has 1 aromatic heterocycles. The highest BCUT2D eigenvalue weighted by atomic mass is 19.4. The number of nitrogens with zero attached hydrogens (tertiary/aromatic N) is 2. The molecule has 7 heteroatoms. The number of hydrogen-bond donors (Lipinski definition) is 2. The SMILES string of the molecule is CCC1CCCC(Nc2cc(C(F)(F)F)nc(N)n2)C1. The van der Waals surface area contributed by atoms with E-state index in [9.17, 15) is 13.2 Å². The number of aromatic nitrogens is 2. The molecule has 3 N–H and O–H groups in total. The van der Waals surface area contributed by atoms with Crippen LogP contribution in [0, 0.1) is 5.92 Å². The van der Waals surface area contributed by atoms with Crippen LogP contribution in [0.25, 0.3) is 0 Å². The second-order valence-corrected chi connectivity index (χ2v) is 5.28. The molecule has 0 radical (unpaired) electrons. The second kappa shape index (κ2) is 5.85. The summed E-state index contributed by atoms with van der Waals surface area (Å²) in [6.45, 7) is 2.14. The van der Waals surface area contributed by atoms with Crippen LogP contribution in [-0.4, -0.2) is 16.0 Å². The first-order chi connectivity index (χ1) is 9.38. The minimum absolute atomic E-state index is 0.157. The average molecular weight is 288 g/mol. The molecule has 1 aromatic rings. The van der Waals surface area contributed by atoms with E-state index in [1.54, 1.807) is 0 Å². The molecule has 20 heavy (non-hydrogen) atoms. The number of halogens is 3. The van der Waals surface area contributed by atoms with Crippen molar-refractivity contribution in [2.24, 2.45) is 5.92 Å². The first-order valence-electron chi connectivity index (χ1n) is 6.86. The maximum Gasteiger partial charge on any atom is 0.433 e. The summed E-state index contributed by atoms with van der Waals surface area (Å²) < 4.78 is 38.0. The molecular weight excluding hydrogens is 269 g/mol. The van der Waals surface area contributed by atoms with Gasteiger partial charge in [-0.15, -0.1) is 0 Å². The van der Waals surface area contributed by atoms with Crippen LogP contribution in [-0.2, 0) is 6.18 Å². The van der Waals surface area contributed by atoms with Gasteiger partial charge in [-0.05, 0) is 18.8 Å². The lowest BCUT2D eigenvalue weighted by molar-refractivity contribution is -0.141. The smallest absolute Gasteiger partial charge is 0.368 e. The van der Waals surface area contributed by atoms with E-state index in [0.29, 0.717) is 5.92 Å². The zero-order valence-electron chi connectivity index (χ0n) is 11.4. The monoisotopic (exact) mass is 288 g/mol. The Kier molecular flexibility index (Phi) is 4.35. The van der Waals surface area contributed by atoms with Crippen molar-refractivity contribution >= 4 is 11.8 Å². The summed E-state index contributed by atoms with van der Waals surface area (Å²) in [6, 6.07) is 1.08. The number of rotatable bonds is 3. The molecule has 1 aliphatic carbocycles. The molecule has 0 aromatic carbocycles. The minimum atomic E-state index is -4.51. The van der Waals surface area contributed by atoms with Crippen LogP contribution in [0.3, 0.4) is 0 Å². The van der Waals surface area contributed by atoms with Gasteiger partial charge >= 0.3 is 6.18 Å². The molecule has 2 atom stereocenters. The minimum Gasteiger partial charge on any atom is -0.368 e. The third-order valence-corrected chi connectivity index (χ3v) is 3.75. The molecule has 2 unspecified atom stereocenters. The van der Waals surface area contributed by atoms with Gasteiger partial charge < -0.3 is 11.1 Å². The van der Waals surface area contributed by atoms with E-state index >= 15 is 0 Å². The van der Waals surface area contributed by atoms with Crippen LogP contribution in [0.15, 0.2) is 6.07 Å². The predicted octanol–water partition coefficient (Wildman–Crippen LogP) is 3.46. The molecule has 4 nitrogen and oxygen atoms in total. The maximum atomic E-state index is 12.7. The summed E-state index contributed by atoms with van der Waals surface area (Å²) in [5, 5.41) is 3.07. The Morgan fingerprint density at radius 1 is 1.35 bits per heavy atom. The van der Waals surface area contributed by atoms with E-state index in [2.05, 4.69) is 22.2 Å². The number of nitrogen functional groups attached to an aromatic ring is 1. The van der Waals surface area contributed by atoms with Crippen molar-refractivity contribution in [3.8, 4) is 0 Å². The Morgan fingerprint density at radius 2 is 2.10 bits per heavy atom. The molecule has 2 rings (SSSR count). The highest BCUT2D eigenvalue weighted by Gasteiger charge is 2.33. The third-order valence-electron chi connectivity index (χ3n) is 3.75. The molecule has 1 aliphatic rings. The first kappa shape index (κ1) is 14.9. The van der Waals surface area contributed by atoms with E-state index in [0.717, 1.165) is 31.7 Å². The van der Waals surface area contributed by atoms with Crippen molar-refractivity contribution in [3.05, 3.63) is 11.8 Å². The van der Waals surface area contributed by atoms with Gasteiger partial charge in [0.05, 0.1) is 0 Å². The number of anilines is 2. The molecule has 0 bridgehead atoms. The van der Waals surface area contributed by atoms with Gasteiger partial charge in [0, 0.05) is 12.1 Å². The zero-order chi connectivity index (χ0) is 14.8. The zero-order valence-corrected chi connectivity index (χ0v) is 11.4. The van der Waals surface area contributed by atoms with Crippen LogP contribution in [0.1, 0.15) is 44.7 Å². The molecule has 0 spiro atoms. The van der Waals surface area contributed by atoms with Crippen molar-refractivity contribution in [3.63, 3.8) is 0 Å². The van der Waals surface area contributed by atoms with Gasteiger partial charge in [-0.2, -0.15) is 18.2 Å². The Labute approximate surface area is 116 Å². The van der Waals surface area contributed by atoms with Gasteiger partial charge in [0.15, 0.2) is 5.69 Å². The largest absolute Gasteiger partial charge is 0.433 e. The van der Waals surface area contributed by atoms with Gasteiger partial charge in [0.25, 0.3) is 0 Å². The molecule has 0 aliphatic heterocycles. The molecule has 0 amide bonds. The number of hydrogen-bond acceptors (Lipinski definition) is 4. The number of nitrogens with two attached hydrogens (primary N) is 1. The van der Waals surface area contributed by atoms with Gasteiger partial charge in [0.1, 0.15) is 5.82 Å². The van der Waals surface area contributed by atoms with Crippen LogP contribution >= 0.6 is 0 Å². The fourth-order valence-corrected chi connectivity index (χ4v) is 2.69. The number of alkyl halides is 3. The second-order valence-electron chi connectivity index (χ2n) is 5.28. The van der Waals surface area contributed by atoms with Crippen molar-refractivity contribution < 1.29 is 13.2 Å². The van der Waals surface area contributed by atoms with Crippen LogP contribution in [0.2, 0.25) is 0 Å². The van der Waals surface area contributed by atoms with E-state index in [1.165, 1.54) is 6.42 Å². The van der Waals surface area contributed by atoms with Gasteiger partial charge in [0.2, 0.25) is 5.95 Å². The predicted molar refractivity (Wildman–Crippen MR) is 71.1 cm³/mol. The normalized spacial score (nSPS) is 23.6. The fraction of sp³-hybridized carbons (Fsp3) is 0.692. The Bertz CT molecular complexity index is 461. The first-order valence-corrected chi connectivity index (χ1v) is 6.86. The van der Waals surface area contributed by atoms with Crippen LogP contribution < -0.4 is 11.1 Å². The van der Waals surface area contributed by atoms with Crippen molar-refractivity contribution in [2.45, 2.75) is 51.2 Å². The van der Waals surface area contributed by atoms with E-state index in [1.807, 2.05) is 0 Å². The quantitative estimate of drug-likeness (QED) is 0.894. The Morgan fingerprint density at radius 3 is 2.75 bits per heavy atom. The van der Waals surface area contributed by atoms with E-state index < -0.39 is 11.9 Å². The fourth-order valence-electron chi connectivity index (χ4n) is 2.69. The van der Waals surface area contributed by atoms with Crippen molar-refractivity contribution in [1.29, 1.82) is 0 Å². The summed E-state index contributed by atoms with van der Waals surface area (Å²) in [7, 11) is 0. The summed E-state index contributed by atoms with van der Waals surface area (Å²) >= 11 is 0. The van der Waals surface area contributed by atoms with Crippen molar-refractivity contribution in [2.75, 3.05) is 11.1 Å². The van der Waals surface area contributed by atoms with Crippen LogP contribution in [0.5, 0.6) is 0 Å². The third kappa shape index (κ3) is 3.74. The molecule has 1 fully saturated rings. The highest BCUT2D eigenvalue weighted by molar-refractivity contribution is 5.42. The van der Waals surface area contributed by atoms with Crippen LogP contribution in [0.4, 0.5) is 24.9 Å². The lowest BCUT2D eigenvalue weighted by Gasteiger charge is -2.29. The molecule has 112 valence electrons. The highest BCUT2D eigenvalue weighted by Crippen LogP contribution is 2.31. The summed E-state index contributed by atoms with van der Waals surface area (Å²) in [5.41, 5.74) is 4.35.